The van der Waals surface area contributed by atoms with Crippen LogP contribution in [0.1, 0.15) is 12.5 Å². The zero-order valence-electron chi connectivity index (χ0n) is 8.56. The highest BCUT2D eigenvalue weighted by atomic mass is 19.1. The smallest absolute Gasteiger partial charge is 0.130 e. The summed E-state index contributed by atoms with van der Waals surface area (Å²) in [4.78, 5) is 0. The van der Waals surface area contributed by atoms with E-state index in [9.17, 15) is 8.78 Å². The molecule has 0 heterocycles. The molecular formula is C13H12F2. The third-order valence-electron chi connectivity index (χ3n) is 1.85. The normalized spacial score (nSPS) is 11.3. The second-order valence-electron chi connectivity index (χ2n) is 3.32. The third-order valence-corrected chi connectivity index (χ3v) is 1.85. The minimum atomic E-state index is -0.450. The molecule has 0 aliphatic rings. The van der Waals surface area contributed by atoms with E-state index in [0.717, 1.165) is 0 Å². The molecule has 0 amide bonds. The van der Waals surface area contributed by atoms with Crippen LogP contribution in [0.4, 0.5) is 8.78 Å². The van der Waals surface area contributed by atoms with Gasteiger partial charge in [-0.25, -0.2) is 8.78 Å². The van der Waals surface area contributed by atoms with Crippen LogP contribution in [0, 0.1) is 5.82 Å². The second kappa shape index (κ2) is 4.69. The molecule has 0 saturated heterocycles. The summed E-state index contributed by atoms with van der Waals surface area (Å²) in [5, 5.41) is 0. The molecule has 0 spiro atoms. The van der Waals surface area contributed by atoms with Crippen molar-refractivity contribution in [2.24, 2.45) is 0 Å². The molecule has 0 bridgehead atoms. The van der Waals surface area contributed by atoms with E-state index in [4.69, 9.17) is 0 Å². The molecule has 1 rings (SSSR count). The van der Waals surface area contributed by atoms with Gasteiger partial charge < -0.3 is 0 Å². The van der Waals surface area contributed by atoms with Gasteiger partial charge in [-0.05, 0) is 30.7 Å². The van der Waals surface area contributed by atoms with Gasteiger partial charge in [0, 0.05) is 5.57 Å². The molecule has 0 atom stereocenters. The van der Waals surface area contributed by atoms with Crippen molar-refractivity contribution in [1.29, 1.82) is 0 Å². The Labute approximate surface area is 88.2 Å². The first-order chi connectivity index (χ1) is 7.00. The van der Waals surface area contributed by atoms with E-state index in [1.54, 1.807) is 6.92 Å². The number of halogens is 2. The maximum Gasteiger partial charge on any atom is 0.130 e. The zero-order valence-corrected chi connectivity index (χ0v) is 8.56. The molecular weight excluding hydrogens is 194 g/mol. The van der Waals surface area contributed by atoms with Crippen LogP contribution in [0.2, 0.25) is 0 Å². The number of hydrogen-bond donors (Lipinski definition) is 0. The Balaban J connectivity index is 2.95. The quantitative estimate of drug-likeness (QED) is 0.648. The van der Waals surface area contributed by atoms with E-state index in [-0.39, 0.29) is 11.4 Å². The minimum absolute atomic E-state index is 0.234. The molecule has 0 saturated carbocycles. The molecule has 1 aromatic rings. The van der Waals surface area contributed by atoms with Crippen molar-refractivity contribution < 1.29 is 8.78 Å². The van der Waals surface area contributed by atoms with Gasteiger partial charge in [0.15, 0.2) is 0 Å². The average molecular weight is 206 g/mol. The lowest BCUT2D eigenvalue weighted by Gasteiger charge is -2.03. The highest BCUT2D eigenvalue weighted by molar-refractivity contribution is 5.75. The standard InChI is InChI=1S/C13H12F2/c1-9(2)8-13(15)10(3)11-4-6-12(14)7-5-11/h4-8H,1,3H2,2H3/b13-8+. The lowest BCUT2D eigenvalue weighted by molar-refractivity contribution is 0.627. The fourth-order valence-electron chi connectivity index (χ4n) is 1.09. The fraction of sp³-hybridized carbons (Fsp3) is 0.0769. The van der Waals surface area contributed by atoms with Crippen molar-refractivity contribution in [2.45, 2.75) is 6.92 Å². The Hall–Kier alpha value is -1.70. The lowest BCUT2D eigenvalue weighted by atomic mass is 10.1. The van der Waals surface area contributed by atoms with E-state index < -0.39 is 5.83 Å². The Morgan fingerprint density at radius 2 is 1.73 bits per heavy atom. The van der Waals surface area contributed by atoms with Gasteiger partial charge in [0.25, 0.3) is 0 Å². The van der Waals surface area contributed by atoms with Gasteiger partial charge in [-0.1, -0.05) is 30.9 Å². The van der Waals surface area contributed by atoms with Crippen LogP contribution >= 0.6 is 0 Å². The van der Waals surface area contributed by atoms with Crippen LogP contribution < -0.4 is 0 Å². The van der Waals surface area contributed by atoms with Crippen molar-refractivity contribution in [3.05, 3.63) is 66.3 Å². The molecule has 0 aliphatic heterocycles. The Kier molecular flexibility index (Phi) is 3.56. The third kappa shape index (κ3) is 3.17. The van der Waals surface area contributed by atoms with Crippen molar-refractivity contribution in [3.63, 3.8) is 0 Å². The molecule has 0 aliphatic carbocycles. The number of benzene rings is 1. The van der Waals surface area contributed by atoms with Crippen LogP contribution in [0.15, 0.2) is 54.9 Å². The zero-order chi connectivity index (χ0) is 11.4. The topological polar surface area (TPSA) is 0 Å². The van der Waals surface area contributed by atoms with Crippen LogP contribution in [0.25, 0.3) is 5.57 Å². The van der Waals surface area contributed by atoms with Crippen LogP contribution in [-0.2, 0) is 0 Å². The predicted octanol–water partition coefficient (Wildman–Crippen LogP) is 4.27. The van der Waals surface area contributed by atoms with Crippen molar-refractivity contribution in [1.82, 2.24) is 0 Å². The molecule has 0 N–H and O–H groups in total. The number of allylic oxidation sites excluding steroid dienone is 4. The highest BCUT2D eigenvalue weighted by Crippen LogP contribution is 2.23. The first-order valence-electron chi connectivity index (χ1n) is 4.48. The molecule has 15 heavy (non-hydrogen) atoms. The first-order valence-corrected chi connectivity index (χ1v) is 4.48. The fourth-order valence-corrected chi connectivity index (χ4v) is 1.09. The Morgan fingerprint density at radius 3 is 2.20 bits per heavy atom. The number of rotatable bonds is 3. The molecule has 2 heteroatoms. The summed E-state index contributed by atoms with van der Waals surface area (Å²) >= 11 is 0. The lowest BCUT2D eigenvalue weighted by Crippen LogP contribution is -1.85. The molecule has 0 aromatic heterocycles. The van der Waals surface area contributed by atoms with E-state index >= 15 is 0 Å². The maximum absolute atomic E-state index is 13.4. The van der Waals surface area contributed by atoms with Gasteiger partial charge in [-0.2, -0.15) is 0 Å². The van der Waals surface area contributed by atoms with Gasteiger partial charge in [0.1, 0.15) is 11.6 Å². The van der Waals surface area contributed by atoms with Crippen LogP contribution in [-0.4, -0.2) is 0 Å². The molecule has 0 fully saturated rings. The van der Waals surface area contributed by atoms with Gasteiger partial charge in [-0.3, -0.25) is 0 Å². The van der Waals surface area contributed by atoms with Gasteiger partial charge in [-0.15, -0.1) is 0 Å². The Morgan fingerprint density at radius 1 is 1.20 bits per heavy atom. The van der Waals surface area contributed by atoms with Gasteiger partial charge in [0.2, 0.25) is 0 Å². The van der Waals surface area contributed by atoms with Crippen LogP contribution in [0.3, 0.4) is 0 Å². The average Bonchev–Trinajstić information content (AvgIpc) is 2.17. The molecule has 0 nitrogen and oxygen atoms in total. The van der Waals surface area contributed by atoms with Crippen molar-refractivity contribution >= 4 is 5.57 Å². The monoisotopic (exact) mass is 206 g/mol. The summed E-state index contributed by atoms with van der Waals surface area (Å²) in [6.45, 7) is 8.86. The van der Waals surface area contributed by atoms with Gasteiger partial charge in [0.05, 0.1) is 0 Å². The van der Waals surface area contributed by atoms with E-state index in [2.05, 4.69) is 13.2 Å². The minimum Gasteiger partial charge on any atom is -0.207 e. The molecule has 0 radical (unpaired) electrons. The summed E-state index contributed by atoms with van der Waals surface area (Å²) < 4.78 is 26.0. The van der Waals surface area contributed by atoms with Crippen LogP contribution in [0.5, 0.6) is 0 Å². The molecule has 0 unspecified atom stereocenters. The first kappa shape index (κ1) is 11.4. The SMILES string of the molecule is C=C(C)/C=C(/F)C(=C)c1ccc(F)cc1. The largest absolute Gasteiger partial charge is 0.207 e. The molecule has 1 aromatic carbocycles. The highest BCUT2D eigenvalue weighted by Gasteiger charge is 2.04. The van der Waals surface area contributed by atoms with Crippen molar-refractivity contribution in [3.8, 4) is 0 Å². The predicted molar refractivity (Wildman–Crippen MR) is 59.4 cm³/mol. The summed E-state index contributed by atoms with van der Waals surface area (Å²) in [6.07, 6.45) is 1.30. The van der Waals surface area contributed by atoms with Crippen molar-refractivity contribution in [2.75, 3.05) is 0 Å². The maximum atomic E-state index is 13.4. The van der Waals surface area contributed by atoms with E-state index in [1.807, 2.05) is 0 Å². The van der Waals surface area contributed by atoms with E-state index in [0.29, 0.717) is 11.1 Å². The Bertz CT molecular complexity index is 411. The van der Waals surface area contributed by atoms with E-state index in [1.165, 1.54) is 30.3 Å². The molecule has 78 valence electrons. The van der Waals surface area contributed by atoms with Gasteiger partial charge >= 0.3 is 0 Å². The number of hydrogen-bond acceptors (Lipinski definition) is 0. The summed E-state index contributed by atoms with van der Waals surface area (Å²) in [5.41, 5.74) is 1.40. The summed E-state index contributed by atoms with van der Waals surface area (Å²) in [7, 11) is 0. The summed E-state index contributed by atoms with van der Waals surface area (Å²) in [6, 6.07) is 5.52. The second-order valence-corrected chi connectivity index (χ2v) is 3.32. The summed E-state index contributed by atoms with van der Waals surface area (Å²) in [5.74, 6) is -0.801.